The summed E-state index contributed by atoms with van der Waals surface area (Å²) >= 11 is 0. The molecule has 0 amide bonds. The number of likely N-dealkylation sites (tertiary alicyclic amines) is 1. The number of hydrogen-bond acceptors (Lipinski definition) is 4. The summed E-state index contributed by atoms with van der Waals surface area (Å²) in [7, 11) is 0. The third-order valence-electron chi connectivity index (χ3n) is 4.84. The van der Waals surface area contributed by atoms with Crippen LogP contribution < -0.4 is 10.9 Å². The zero-order valence-corrected chi connectivity index (χ0v) is 12.3. The van der Waals surface area contributed by atoms with E-state index < -0.39 is 0 Å². The van der Waals surface area contributed by atoms with Crippen molar-refractivity contribution in [2.45, 2.75) is 13.5 Å². The van der Waals surface area contributed by atoms with E-state index in [2.05, 4.69) is 22.3 Å². The molecule has 0 aliphatic carbocycles. The van der Waals surface area contributed by atoms with Gasteiger partial charge in [0.15, 0.2) is 0 Å². The van der Waals surface area contributed by atoms with E-state index >= 15 is 0 Å². The lowest BCUT2D eigenvalue weighted by Crippen LogP contribution is -2.25. The van der Waals surface area contributed by atoms with Crippen molar-refractivity contribution in [3.8, 4) is 0 Å². The molecule has 2 saturated heterocycles. The molecule has 2 aliphatic rings. The minimum absolute atomic E-state index is 0.246. The summed E-state index contributed by atoms with van der Waals surface area (Å²) in [5, 5.41) is 4.53. The van der Waals surface area contributed by atoms with Crippen LogP contribution in [-0.2, 0) is 6.54 Å². The second-order valence-electron chi connectivity index (χ2n) is 6.46. The van der Waals surface area contributed by atoms with Gasteiger partial charge in [-0.25, -0.2) is 4.79 Å². The van der Waals surface area contributed by atoms with Crippen LogP contribution in [0.2, 0.25) is 0 Å². The third kappa shape index (κ3) is 2.39. The number of fused-ring (bicyclic) bond motifs is 2. The average Bonchev–Trinajstić information content (AvgIpc) is 2.98. The van der Waals surface area contributed by atoms with Crippen molar-refractivity contribution < 1.29 is 4.42 Å². The molecule has 0 saturated carbocycles. The van der Waals surface area contributed by atoms with Crippen LogP contribution in [-0.4, -0.2) is 31.1 Å². The van der Waals surface area contributed by atoms with E-state index in [1.165, 1.54) is 0 Å². The minimum atomic E-state index is -0.246. The monoisotopic (exact) mass is 284 g/mol. The molecule has 1 N–H and O–H groups in total. The molecule has 2 aromatic rings. The Bertz CT molecular complexity index is 725. The van der Waals surface area contributed by atoms with Gasteiger partial charge in [0, 0.05) is 31.1 Å². The topological polar surface area (TPSA) is 45.5 Å². The van der Waals surface area contributed by atoms with Gasteiger partial charge in [0.25, 0.3) is 0 Å². The van der Waals surface area contributed by atoms with E-state index in [1.807, 2.05) is 13.0 Å². The van der Waals surface area contributed by atoms with Gasteiger partial charge in [-0.1, -0.05) is 12.1 Å². The van der Waals surface area contributed by atoms with Gasteiger partial charge in [-0.2, -0.15) is 0 Å². The summed E-state index contributed by atoms with van der Waals surface area (Å²) in [5.41, 5.74) is 2.67. The molecular formula is C17H20N2O2. The van der Waals surface area contributed by atoms with E-state index in [9.17, 15) is 4.79 Å². The van der Waals surface area contributed by atoms with E-state index in [1.54, 1.807) is 6.07 Å². The van der Waals surface area contributed by atoms with Gasteiger partial charge in [-0.05, 0) is 49.0 Å². The maximum Gasteiger partial charge on any atom is 0.336 e. The van der Waals surface area contributed by atoms with Gasteiger partial charge in [0.05, 0.1) is 0 Å². The van der Waals surface area contributed by atoms with Gasteiger partial charge in [0.1, 0.15) is 5.58 Å². The molecule has 2 aliphatic heterocycles. The zero-order chi connectivity index (χ0) is 14.4. The summed E-state index contributed by atoms with van der Waals surface area (Å²) in [6.45, 7) is 7.39. The normalized spacial score (nSPS) is 25.6. The maximum absolute atomic E-state index is 11.8. The molecule has 4 nitrogen and oxygen atoms in total. The highest BCUT2D eigenvalue weighted by Gasteiger charge is 2.35. The van der Waals surface area contributed by atoms with Crippen molar-refractivity contribution in [1.82, 2.24) is 10.2 Å². The van der Waals surface area contributed by atoms with Gasteiger partial charge >= 0.3 is 5.63 Å². The number of nitrogens with zero attached hydrogens (tertiary/aromatic N) is 1. The van der Waals surface area contributed by atoms with Crippen molar-refractivity contribution in [1.29, 1.82) is 0 Å². The fourth-order valence-electron chi connectivity index (χ4n) is 3.79. The number of nitrogens with one attached hydrogen (secondary N) is 1. The highest BCUT2D eigenvalue weighted by atomic mass is 16.4. The molecule has 2 atom stereocenters. The highest BCUT2D eigenvalue weighted by molar-refractivity contribution is 5.80. The summed E-state index contributed by atoms with van der Waals surface area (Å²) in [4.78, 5) is 14.3. The number of aryl methyl sites for hydroxylation is 1. The molecule has 2 fully saturated rings. The van der Waals surface area contributed by atoms with Crippen LogP contribution in [0.25, 0.3) is 11.0 Å². The van der Waals surface area contributed by atoms with Crippen LogP contribution >= 0.6 is 0 Å². The fourth-order valence-corrected chi connectivity index (χ4v) is 3.79. The van der Waals surface area contributed by atoms with E-state index in [4.69, 9.17) is 4.42 Å². The van der Waals surface area contributed by atoms with Crippen molar-refractivity contribution in [2.24, 2.45) is 11.8 Å². The van der Waals surface area contributed by atoms with Crippen LogP contribution in [0.4, 0.5) is 0 Å². The second-order valence-corrected chi connectivity index (χ2v) is 6.46. The first-order valence-corrected chi connectivity index (χ1v) is 7.65. The SMILES string of the molecule is Cc1ccc2c(CN3CC4CNCC4C3)cc(=O)oc2c1. The summed E-state index contributed by atoms with van der Waals surface area (Å²) in [6.07, 6.45) is 0. The Morgan fingerprint density at radius 1 is 1.24 bits per heavy atom. The van der Waals surface area contributed by atoms with Gasteiger partial charge < -0.3 is 9.73 Å². The first-order valence-electron chi connectivity index (χ1n) is 7.65. The Hall–Kier alpha value is -1.65. The molecule has 1 aromatic heterocycles. The molecule has 0 spiro atoms. The molecule has 21 heavy (non-hydrogen) atoms. The maximum atomic E-state index is 11.8. The first-order chi connectivity index (χ1) is 10.2. The van der Waals surface area contributed by atoms with Crippen LogP contribution in [0.15, 0.2) is 33.5 Å². The van der Waals surface area contributed by atoms with E-state index in [0.717, 1.165) is 61.1 Å². The van der Waals surface area contributed by atoms with Crippen LogP contribution in [0, 0.1) is 18.8 Å². The Labute approximate surface area is 123 Å². The summed E-state index contributed by atoms with van der Waals surface area (Å²) in [5.74, 6) is 1.55. The Morgan fingerprint density at radius 3 is 2.76 bits per heavy atom. The Kier molecular flexibility index (Phi) is 3.08. The Balaban J connectivity index is 1.66. The number of rotatable bonds is 2. The third-order valence-corrected chi connectivity index (χ3v) is 4.84. The van der Waals surface area contributed by atoms with Crippen molar-refractivity contribution in [2.75, 3.05) is 26.2 Å². The molecule has 2 unspecified atom stereocenters. The number of hydrogen-bond donors (Lipinski definition) is 1. The second kappa shape index (κ2) is 4.97. The van der Waals surface area contributed by atoms with Crippen LogP contribution in [0.5, 0.6) is 0 Å². The average molecular weight is 284 g/mol. The molecule has 0 bridgehead atoms. The zero-order valence-electron chi connectivity index (χ0n) is 12.3. The van der Waals surface area contributed by atoms with Crippen LogP contribution in [0.3, 0.4) is 0 Å². The summed E-state index contributed by atoms with van der Waals surface area (Å²) in [6, 6.07) is 7.75. The molecule has 3 heterocycles. The van der Waals surface area contributed by atoms with Gasteiger partial charge in [0.2, 0.25) is 0 Å². The fraction of sp³-hybridized carbons (Fsp3) is 0.471. The van der Waals surface area contributed by atoms with E-state index in [-0.39, 0.29) is 5.63 Å². The predicted octanol–water partition coefficient (Wildman–Crippen LogP) is 1.75. The lowest BCUT2D eigenvalue weighted by Gasteiger charge is -2.17. The highest BCUT2D eigenvalue weighted by Crippen LogP contribution is 2.28. The molecule has 4 rings (SSSR count). The summed E-state index contributed by atoms with van der Waals surface area (Å²) < 4.78 is 5.34. The minimum Gasteiger partial charge on any atom is -0.423 e. The number of benzene rings is 1. The smallest absolute Gasteiger partial charge is 0.336 e. The molecular weight excluding hydrogens is 264 g/mol. The van der Waals surface area contributed by atoms with Crippen molar-refractivity contribution in [3.05, 3.63) is 45.8 Å². The standard InChI is InChI=1S/C17H20N2O2/c1-11-2-3-15-12(5-17(20)21-16(15)4-11)8-19-9-13-6-18-7-14(13)10-19/h2-5,13-14,18H,6-10H2,1H3. The largest absolute Gasteiger partial charge is 0.423 e. The van der Waals surface area contributed by atoms with Gasteiger partial charge in [-0.15, -0.1) is 0 Å². The van der Waals surface area contributed by atoms with Crippen molar-refractivity contribution >= 4 is 11.0 Å². The molecule has 1 aromatic carbocycles. The molecule has 110 valence electrons. The molecule has 4 heteroatoms. The lowest BCUT2D eigenvalue weighted by molar-refractivity contribution is 0.306. The van der Waals surface area contributed by atoms with Crippen LogP contribution in [0.1, 0.15) is 11.1 Å². The first kappa shape index (κ1) is 13.0. The Morgan fingerprint density at radius 2 is 2.00 bits per heavy atom. The molecule has 0 radical (unpaired) electrons. The predicted molar refractivity (Wildman–Crippen MR) is 82.3 cm³/mol. The van der Waals surface area contributed by atoms with Crippen molar-refractivity contribution in [3.63, 3.8) is 0 Å². The lowest BCUT2D eigenvalue weighted by atomic mass is 10.0. The van der Waals surface area contributed by atoms with E-state index in [0.29, 0.717) is 5.58 Å². The quantitative estimate of drug-likeness (QED) is 0.854. The van der Waals surface area contributed by atoms with Gasteiger partial charge in [-0.3, -0.25) is 4.90 Å².